The summed E-state index contributed by atoms with van der Waals surface area (Å²) in [6, 6.07) is 6.90. The Balaban J connectivity index is 2.70. The number of thiocarbonyl (C=S) groups is 2. The van der Waals surface area contributed by atoms with Crippen molar-refractivity contribution in [3.63, 3.8) is 0 Å². The number of hydrogen-bond donors (Lipinski definition) is 4. The number of carbonyl (C=O) groups excluding carboxylic acids is 2. The van der Waals surface area contributed by atoms with E-state index in [-0.39, 0.29) is 22.1 Å². The molecule has 2 amide bonds. The van der Waals surface area contributed by atoms with E-state index in [0.717, 1.165) is 0 Å². The Hall–Kier alpha value is -2.06. The molecular weight excluding hydrogens is 344 g/mol. The maximum atomic E-state index is 12.0. The van der Waals surface area contributed by atoms with Gasteiger partial charge in [-0.3, -0.25) is 9.59 Å². The summed E-state index contributed by atoms with van der Waals surface area (Å²) in [7, 11) is 0. The van der Waals surface area contributed by atoms with Crippen LogP contribution in [0.4, 0.5) is 11.4 Å². The van der Waals surface area contributed by atoms with Crippen LogP contribution in [0.2, 0.25) is 0 Å². The van der Waals surface area contributed by atoms with E-state index in [0.29, 0.717) is 11.4 Å². The topological polar surface area (TPSA) is 82.3 Å². The first-order chi connectivity index (χ1) is 11.2. The Morgan fingerprint density at radius 1 is 0.833 bits per heavy atom. The van der Waals surface area contributed by atoms with E-state index in [4.69, 9.17) is 24.4 Å². The highest BCUT2D eigenvalue weighted by molar-refractivity contribution is 7.82. The first kappa shape index (κ1) is 20.0. The van der Waals surface area contributed by atoms with E-state index in [1.54, 1.807) is 24.3 Å². The standard InChI is InChI=1S/C16H22N4O2S2/c1-9(2)17-15(23)13(21)19-11-6-5-7-12(8-11)20-14(22)16(24)18-10(3)4/h5-10H,1-4H3,(H,17,23)(H,18,24)(H,19,21)(H,20,22). The summed E-state index contributed by atoms with van der Waals surface area (Å²) in [4.78, 5) is 24.2. The Morgan fingerprint density at radius 2 is 1.21 bits per heavy atom. The second kappa shape index (κ2) is 9.29. The van der Waals surface area contributed by atoms with Gasteiger partial charge in [-0.1, -0.05) is 30.5 Å². The van der Waals surface area contributed by atoms with Gasteiger partial charge in [0.15, 0.2) is 9.98 Å². The highest BCUT2D eigenvalue weighted by atomic mass is 32.1. The maximum Gasteiger partial charge on any atom is 0.283 e. The highest BCUT2D eigenvalue weighted by Crippen LogP contribution is 2.15. The fourth-order valence-electron chi connectivity index (χ4n) is 1.71. The van der Waals surface area contributed by atoms with Gasteiger partial charge in [-0.25, -0.2) is 0 Å². The lowest BCUT2D eigenvalue weighted by Gasteiger charge is -2.13. The average molecular weight is 367 g/mol. The predicted molar refractivity (Wildman–Crippen MR) is 105 cm³/mol. The third kappa shape index (κ3) is 7.01. The van der Waals surface area contributed by atoms with E-state index < -0.39 is 11.8 Å². The lowest BCUT2D eigenvalue weighted by Crippen LogP contribution is -2.38. The minimum absolute atomic E-state index is 0.0725. The van der Waals surface area contributed by atoms with Gasteiger partial charge in [0.25, 0.3) is 11.8 Å². The molecule has 1 rings (SSSR count). The van der Waals surface area contributed by atoms with Crippen LogP contribution in [0.25, 0.3) is 0 Å². The predicted octanol–water partition coefficient (Wildman–Crippen LogP) is 2.21. The van der Waals surface area contributed by atoms with Crippen molar-refractivity contribution in [3.8, 4) is 0 Å². The quantitative estimate of drug-likeness (QED) is 0.612. The van der Waals surface area contributed by atoms with Gasteiger partial charge in [0, 0.05) is 23.5 Å². The lowest BCUT2D eigenvalue weighted by molar-refractivity contribution is -0.111. The van der Waals surface area contributed by atoms with Crippen LogP contribution in [0.5, 0.6) is 0 Å². The summed E-state index contributed by atoms with van der Waals surface area (Å²) >= 11 is 10.0. The minimum atomic E-state index is -0.404. The number of rotatable bonds is 4. The van der Waals surface area contributed by atoms with Crippen molar-refractivity contribution in [2.45, 2.75) is 39.8 Å². The number of anilines is 2. The lowest BCUT2D eigenvalue weighted by atomic mass is 10.2. The van der Waals surface area contributed by atoms with Crippen molar-refractivity contribution in [1.82, 2.24) is 10.6 Å². The molecule has 0 radical (unpaired) electrons. The van der Waals surface area contributed by atoms with Crippen molar-refractivity contribution >= 4 is 57.6 Å². The van der Waals surface area contributed by atoms with Crippen LogP contribution >= 0.6 is 24.4 Å². The first-order valence-corrected chi connectivity index (χ1v) is 8.34. The van der Waals surface area contributed by atoms with E-state index >= 15 is 0 Å². The number of hydrogen-bond acceptors (Lipinski definition) is 4. The Labute approximate surface area is 152 Å². The van der Waals surface area contributed by atoms with Gasteiger partial charge in [0.2, 0.25) is 0 Å². The number of amides is 2. The molecule has 0 saturated heterocycles. The summed E-state index contributed by atoms with van der Waals surface area (Å²) in [5, 5.41) is 11.1. The molecule has 0 aliphatic heterocycles. The molecule has 24 heavy (non-hydrogen) atoms. The molecule has 0 aromatic heterocycles. The molecule has 0 spiro atoms. The molecule has 1 aromatic carbocycles. The van der Waals surface area contributed by atoms with Crippen LogP contribution in [0.3, 0.4) is 0 Å². The van der Waals surface area contributed by atoms with Gasteiger partial charge in [-0.05, 0) is 45.9 Å². The third-order valence-electron chi connectivity index (χ3n) is 2.63. The van der Waals surface area contributed by atoms with E-state index in [1.807, 2.05) is 27.7 Å². The molecule has 0 fully saturated rings. The molecule has 0 atom stereocenters. The first-order valence-electron chi connectivity index (χ1n) is 7.52. The monoisotopic (exact) mass is 366 g/mol. The van der Waals surface area contributed by atoms with Gasteiger partial charge >= 0.3 is 0 Å². The fraction of sp³-hybridized carbons (Fsp3) is 0.375. The molecule has 0 saturated carbocycles. The van der Waals surface area contributed by atoms with Crippen molar-refractivity contribution in [2.75, 3.05) is 10.6 Å². The van der Waals surface area contributed by atoms with Crippen LogP contribution in [-0.2, 0) is 9.59 Å². The minimum Gasteiger partial charge on any atom is -0.370 e. The van der Waals surface area contributed by atoms with Gasteiger partial charge < -0.3 is 21.3 Å². The summed E-state index contributed by atoms with van der Waals surface area (Å²) in [5.74, 6) is -0.807. The Kier molecular flexibility index (Phi) is 7.73. The number of benzene rings is 1. The second-order valence-corrected chi connectivity index (χ2v) is 6.56. The largest absolute Gasteiger partial charge is 0.370 e. The summed E-state index contributed by atoms with van der Waals surface area (Å²) in [5.41, 5.74) is 1.04. The summed E-state index contributed by atoms with van der Waals surface area (Å²) < 4.78 is 0. The van der Waals surface area contributed by atoms with Crippen molar-refractivity contribution < 1.29 is 9.59 Å². The van der Waals surface area contributed by atoms with Gasteiger partial charge in [-0.15, -0.1) is 0 Å². The van der Waals surface area contributed by atoms with Crippen LogP contribution in [-0.4, -0.2) is 33.9 Å². The zero-order valence-electron chi connectivity index (χ0n) is 14.1. The second-order valence-electron chi connectivity index (χ2n) is 5.75. The molecular formula is C16H22N4O2S2. The highest BCUT2D eigenvalue weighted by Gasteiger charge is 2.12. The zero-order chi connectivity index (χ0) is 18.3. The maximum absolute atomic E-state index is 12.0. The van der Waals surface area contributed by atoms with Crippen molar-refractivity contribution in [2.24, 2.45) is 0 Å². The number of carbonyl (C=O) groups is 2. The molecule has 0 unspecified atom stereocenters. The van der Waals surface area contributed by atoms with E-state index in [1.165, 1.54) is 0 Å². The average Bonchev–Trinajstić information content (AvgIpc) is 2.46. The van der Waals surface area contributed by atoms with Crippen molar-refractivity contribution in [1.29, 1.82) is 0 Å². The Morgan fingerprint density at radius 3 is 1.54 bits per heavy atom. The van der Waals surface area contributed by atoms with Gasteiger partial charge in [0.1, 0.15) is 0 Å². The molecule has 1 aromatic rings. The summed E-state index contributed by atoms with van der Waals surface area (Å²) in [6.07, 6.45) is 0. The molecule has 0 aliphatic carbocycles. The molecule has 4 N–H and O–H groups in total. The zero-order valence-corrected chi connectivity index (χ0v) is 15.7. The van der Waals surface area contributed by atoms with Gasteiger partial charge in [-0.2, -0.15) is 0 Å². The van der Waals surface area contributed by atoms with Crippen LogP contribution in [0.15, 0.2) is 24.3 Å². The van der Waals surface area contributed by atoms with Crippen LogP contribution < -0.4 is 21.3 Å². The SMILES string of the molecule is CC(C)NC(=S)C(=O)Nc1cccc(NC(=O)C(=S)NC(C)C)c1. The van der Waals surface area contributed by atoms with E-state index in [2.05, 4.69) is 21.3 Å². The van der Waals surface area contributed by atoms with Crippen LogP contribution in [0.1, 0.15) is 27.7 Å². The molecule has 6 nitrogen and oxygen atoms in total. The molecule has 0 heterocycles. The van der Waals surface area contributed by atoms with Crippen LogP contribution in [0, 0.1) is 0 Å². The van der Waals surface area contributed by atoms with Gasteiger partial charge in [0.05, 0.1) is 0 Å². The number of nitrogens with one attached hydrogen (secondary N) is 4. The third-order valence-corrected chi connectivity index (χ3v) is 3.24. The fourth-order valence-corrected chi connectivity index (χ4v) is 2.28. The Bertz CT molecular complexity index is 593. The molecule has 8 heteroatoms. The normalized spacial score (nSPS) is 10.2. The van der Waals surface area contributed by atoms with E-state index in [9.17, 15) is 9.59 Å². The molecule has 0 aliphatic rings. The molecule has 0 bridgehead atoms. The van der Waals surface area contributed by atoms with Crippen molar-refractivity contribution in [3.05, 3.63) is 24.3 Å². The smallest absolute Gasteiger partial charge is 0.283 e. The summed E-state index contributed by atoms with van der Waals surface area (Å²) in [6.45, 7) is 7.57. The molecule has 130 valence electrons.